The van der Waals surface area contributed by atoms with Crippen LogP contribution in [-0.4, -0.2) is 0 Å². The van der Waals surface area contributed by atoms with Crippen molar-refractivity contribution >= 4 is 0 Å². The number of hydrogen-bond donors (Lipinski definition) is 0. The van der Waals surface area contributed by atoms with Crippen molar-refractivity contribution in [3.63, 3.8) is 0 Å². The number of hydrogen-bond acceptors (Lipinski definition) is 0. The molecule has 1 aliphatic rings. The quantitative estimate of drug-likeness (QED) is 0.358. The van der Waals surface area contributed by atoms with Crippen LogP contribution >= 0.6 is 0 Å². The van der Waals surface area contributed by atoms with Gasteiger partial charge in [0.2, 0.25) is 0 Å². The van der Waals surface area contributed by atoms with E-state index in [0.29, 0.717) is 17.5 Å². The highest BCUT2D eigenvalue weighted by atomic mass is 19.3. The number of rotatable bonds is 9. The molecule has 1 fully saturated rings. The summed E-state index contributed by atoms with van der Waals surface area (Å²) in [5, 5.41) is 0. The summed E-state index contributed by atoms with van der Waals surface area (Å²) in [5.74, 6) is 0.934. The molecule has 0 atom stereocenters. The van der Waals surface area contributed by atoms with Crippen LogP contribution in [0.3, 0.4) is 0 Å². The van der Waals surface area contributed by atoms with Crippen LogP contribution in [0.25, 0.3) is 11.1 Å². The average Bonchev–Trinajstić information content (AvgIpc) is 2.73. The standard InChI is InChI=1S/C27H35F3/c1-3-6-20-11-13-21(14-12-20)7-4-5-8-23-17-18-24(26(28)25(23)27(29)30)22-15-9-19(2)10-16-22/h9-10,15-18,20-21,27H,3-8,11-14H2,1-2H3. The molecular formula is C27H35F3. The summed E-state index contributed by atoms with van der Waals surface area (Å²) in [6, 6.07) is 10.7. The first-order valence-electron chi connectivity index (χ1n) is 11.7. The van der Waals surface area contributed by atoms with Crippen molar-refractivity contribution in [1.82, 2.24) is 0 Å². The third-order valence-corrected chi connectivity index (χ3v) is 6.82. The zero-order chi connectivity index (χ0) is 21.5. The molecule has 0 unspecified atom stereocenters. The summed E-state index contributed by atoms with van der Waals surface area (Å²) in [7, 11) is 0. The number of halogens is 3. The van der Waals surface area contributed by atoms with Crippen LogP contribution in [0.5, 0.6) is 0 Å². The lowest BCUT2D eigenvalue weighted by atomic mass is 9.78. The zero-order valence-electron chi connectivity index (χ0n) is 18.4. The van der Waals surface area contributed by atoms with Gasteiger partial charge < -0.3 is 0 Å². The second-order valence-corrected chi connectivity index (χ2v) is 9.09. The molecule has 1 saturated carbocycles. The Kier molecular flexibility index (Phi) is 8.41. The average molecular weight is 417 g/mol. The summed E-state index contributed by atoms with van der Waals surface area (Å²) in [6.07, 6.45) is 8.74. The zero-order valence-corrected chi connectivity index (χ0v) is 18.4. The molecule has 0 amide bonds. The lowest BCUT2D eigenvalue weighted by molar-refractivity contribution is 0.145. The highest BCUT2D eigenvalue weighted by molar-refractivity contribution is 5.66. The smallest absolute Gasteiger partial charge is 0.206 e. The molecule has 0 aliphatic heterocycles. The molecule has 0 N–H and O–H groups in total. The van der Waals surface area contributed by atoms with E-state index in [9.17, 15) is 13.2 Å². The topological polar surface area (TPSA) is 0 Å². The molecule has 3 rings (SSSR count). The predicted molar refractivity (Wildman–Crippen MR) is 119 cm³/mol. The fourth-order valence-corrected chi connectivity index (χ4v) is 5.01. The third-order valence-electron chi connectivity index (χ3n) is 6.82. The van der Waals surface area contributed by atoms with E-state index in [4.69, 9.17) is 0 Å². The monoisotopic (exact) mass is 416 g/mol. The largest absolute Gasteiger partial charge is 0.266 e. The molecule has 0 heterocycles. The van der Waals surface area contributed by atoms with Crippen LogP contribution in [0.15, 0.2) is 36.4 Å². The van der Waals surface area contributed by atoms with E-state index >= 15 is 0 Å². The SMILES string of the molecule is CCCC1CCC(CCCCc2ccc(-c3ccc(C)cc3)c(F)c2C(F)F)CC1. The first-order chi connectivity index (χ1) is 14.5. The second kappa shape index (κ2) is 11.0. The molecule has 0 nitrogen and oxygen atoms in total. The van der Waals surface area contributed by atoms with Crippen LogP contribution in [0.2, 0.25) is 0 Å². The Morgan fingerprint density at radius 3 is 2.10 bits per heavy atom. The van der Waals surface area contributed by atoms with Crippen molar-refractivity contribution < 1.29 is 13.2 Å². The van der Waals surface area contributed by atoms with Crippen LogP contribution in [0.1, 0.15) is 87.8 Å². The van der Waals surface area contributed by atoms with Crippen LogP contribution < -0.4 is 0 Å². The molecule has 0 saturated heterocycles. The first kappa shape index (κ1) is 22.9. The van der Waals surface area contributed by atoms with E-state index in [1.54, 1.807) is 24.3 Å². The molecule has 0 aromatic heterocycles. The Morgan fingerprint density at radius 1 is 0.867 bits per heavy atom. The Balaban J connectivity index is 1.58. The van der Waals surface area contributed by atoms with Gasteiger partial charge in [-0.2, -0.15) is 0 Å². The van der Waals surface area contributed by atoms with Gasteiger partial charge in [-0.1, -0.05) is 100 Å². The molecule has 164 valence electrons. The lowest BCUT2D eigenvalue weighted by Gasteiger charge is -2.28. The van der Waals surface area contributed by atoms with Gasteiger partial charge in [0, 0.05) is 5.56 Å². The van der Waals surface area contributed by atoms with Crippen LogP contribution in [0, 0.1) is 24.6 Å². The summed E-state index contributed by atoms with van der Waals surface area (Å²) in [5.41, 5.74) is 2.02. The van der Waals surface area contributed by atoms with Crippen molar-refractivity contribution in [3.8, 4) is 11.1 Å². The first-order valence-corrected chi connectivity index (χ1v) is 11.7. The molecule has 2 aromatic carbocycles. The molecular weight excluding hydrogens is 381 g/mol. The van der Waals surface area contributed by atoms with E-state index in [2.05, 4.69) is 6.92 Å². The minimum atomic E-state index is -2.79. The lowest BCUT2D eigenvalue weighted by Crippen LogP contribution is -2.14. The van der Waals surface area contributed by atoms with E-state index in [-0.39, 0.29) is 5.56 Å². The highest BCUT2D eigenvalue weighted by Crippen LogP contribution is 2.36. The fourth-order valence-electron chi connectivity index (χ4n) is 5.01. The second-order valence-electron chi connectivity index (χ2n) is 9.09. The van der Waals surface area contributed by atoms with Crippen molar-refractivity contribution in [1.29, 1.82) is 0 Å². The maximum atomic E-state index is 15.0. The number of aryl methyl sites for hydroxylation is 2. The van der Waals surface area contributed by atoms with Crippen molar-refractivity contribution in [2.45, 2.75) is 84.5 Å². The normalized spacial score (nSPS) is 19.4. The van der Waals surface area contributed by atoms with Crippen LogP contribution in [-0.2, 0) is 6.42 Å². The fraction of sp³-hybridized carbons (Fsp3) is 0.556. The Bertz CT molecular complexity index is 787. The van der Waals surface area contributed by atoms with E-state index in [1.165, 1.54) is 44.9 Å². The third kappa shape index (κ3) is 5.89. The number of alkyl halides is 2. The molecule has 3 heteroatoms. The van der Waals surface area contributed by atoms with Crippen LogP contribution in [0.4, 0.5) is 13.2 Å². The molecule has 0 spiro atoms. The molecule has 1 aliphatic carbocycles. The molecule has 30 heavy (non-hydrogen) atoms. The summed E-state index contributed by atoms with van der Waals surface area (Å²) >= 11 is 0. The van der Waals surface area contributed by atoms with Gasteiger partial charge in [-0.15, -0.1) is 0 Å². The highest BCUT2D eigenvalue weighted by Gasteiger charge is 2.23. The minimum absolute atomic E-state index is 0.262. The Hall–Kier alpha value is -1.77. The van der Waals surface area contributed by atoms with Gasteiger partial charge in [0.1, 0.15) is 5.82 Å². The molecule has 0 bridgehead atoms. The van der Waals surface area contributed by atoms with Gasteiger partial charge in [0.05, 0.1) is 5.56 Å². The van der Waals surface area contributed by atoms with Gasteiger partial charge in [0.25, 0.3) is 6.43 Å². The minimum Gasteiger partial charge on any atom is -0.206 e. The predicted octanol–water partition coefficient (Wildman–Crippen LogP) is 9.06. The molecule has 2 aromatic rings. The van der Waals surface area contributed by atoms with Gasteiger partial charge in [0.15, 0.2) is 0 Å². The van der Waals surface area contributed by atoms with Crippen molar-refractivity contribution in [2.75, 3.05) is 0 Å². The van der Waals surface area contributed by atoms with Gasteiger partial charge in [-0.05, 0) is 42.7 Å². The van der Waals surface area contributed by atoms with E-state index in [0.717, 1.165) is 30.2 Å². The van der Waals surface area contributed by atoms with E-state index in [1.807, 2.05) is 19.1 Å². The number of unbranched alkanes of at least 4 members (excludes halogenated alkanes) is 1. The van der Waals surface area contributed by atoms with E-state index < -0.39 is 17.8 Å². The number of benzene rings is 2. The maximum Gasteiger partial charge on any atom is 0.266 e. The van der Waals surface area contributed by atoms with Gasteiger partial charge in [-0.25, -0.2) is 13.2 Å². The van der Waals surface area contributed by atoms with Gasteiger partial charge >= 0.3 is 0 Å². The summed E-state index contributed by atoms with van der Waals surface area (Å²) in [4.78, 5) is 0. The van der Waals surface area contributed by atoms with Crippen molar-refractivity contribution in [2.24, 2.45) is 11.8 Å². The Labute approximate surface area is 179 Å². The summed E-state index contributed by atoms with van der Waals surface area (Å²) in [6.45, 7) is 4.21. The summed E-state index contributed by atoms with van der Waals surface area (Å²) < 4.78 is 42.4. The van der Waals surface area contributed by atoms with Gasteiger partial charge in [-0.3, -0.25) is 0 Å². The molecule has 0 radical (unpaired) electrons. The Morgan fingerprint density at radius 2 is 1.50 bits per heavy atom. The maximum absolute atomic E-state index is 15.0. The van der Waals surface area contributed by atoms with Crippen molar-refractivity contribution in [3.05, 3.63) is 58.9 Å².